The second-order valence-corrected chi connectivity index (χ2v) is 6.96. The summed E-state index contributed by atoms with van der Waals surface area (Å²) in [6.45, 7) is 7.22. The smallest absolute Gasteiger partial charge is 0.416 e. The van der Waals surface area contributed by atoms with Gasteiger partial charge in [-0.15, -0.1) is 11.3 Å². The van der Waals surface area contributed by atoms with Crippen LogP contribution < -0.4 is 4.74 Å². The number of halogens is 3. The molecule has 0 spiro atoms. The van der Waals surface area contributed by atoms with Crippen molar-refractivity contribution in [3.8, 4) is 17.7 Å². The maximum Gasteiger partial charge on any atom is 0.416 e. The van der Waals surface area contributed by atoms with Crippen LogP contribution in [0.3, 0.4) is 0 Å². The molecule has 3 rings (SSSR count). The monoisotopic (exact) mass is 419 g/mol. The number of nitrogens with zero attached hydrogens (tertiary/aromatic N) is 3. The van der Waals surface area contributed by atoms with Crippen LogP contribution in [0.4, 0.5) is 13.2 Å². The molecule has 0 fully saturated rings. The van der Waals surface area contributed by atoms with Gasteiger partial charge in [0.15, 0.2) is 5.69 Å². The lowest BCUT2D eigenvalue weighted by molar-refractivity contribution is -0.137. The van der Waals surface area contributed by atoms with Crippen molar-refractivity contribution in [2.75, 3.05) is 26.2 Å². The molecule has 2 heterocycles. The SMILES string of the molecule is CCN(CC)CCOc1nc2cscc2nc1C#Cc1ccc(C(F)(F)F)cc1. The normalized spacial score (nSPS) is 11.5. The summed E-state index contributed by atoms with van der Waals surface area (Å²) in [5.74, 6) is 6.08. The van der Waals surface area contributed by atoms with Crippen LogP contribution in [0.1, 0.15) is 30.7 Å². The van der Waals surface area contributed by atoms with Gasteiger partial charge in [0.25, 0.3) is 0 Å². The van der Waals surface area contributed by atoms with Crippen molar-refractivity contribution in [3.05, 3.63) is 51.8 Å². The number of aromatic nitrogens is 2. The van der Waals surface area contributed by atoms with Crippen LogP contribution in [-0.4, -0.2) is 41.1 Å². The Labute approximate surface area is 171 Å². The van der Waals surface area contributed by atoms with E-state index in [2.05, 4.69) is 40.6 Å². The summed E-state index contributed by atoms with van der Waals surface area (Å²) in [5.41, 5.74) is 1.56. The van der Waals surface area contributed by atoms with E-state index in [1.165, 1.54) is 23.5 Å². The fraction of sp³-hybridized carbons (Fsp3) is 0.333. The first-order chi connectivity index (χ1) is 13.9. The molecule has 4 nitrogen and oxygen atoms in total. The lowest BCUT2D eigenvalue weighted by atomic mass is 10.1. The Balaban J connectivity index is 1.83. The van der Waals surface area contributed by atoms with Crippen molar-refractivity contribution in [3.63, 3.8) is 0 Å². The molecule has 0 bridgehead atoms. The molecule has 8 heteroatoms. The summed E-state index contributed by atoms with van der Waals surface area (Å²) < 4.78 is 43.9. The lowest BCUT2D eigenvalue weighted by Crippen LogP contribution is -2.28. The third-order valence-electron chi connectivity index (χ3n) is 4.36. The van der Waals surface area contributed by atoms with Gasteiger partial charge in [-0.25, -0.2) is 9.97 Å². The molecule has 0 radical (unpaired) electrons. The van der Waals surface area contributed by atoms with Crippen molar-refractivity contribution >= 4 is 22.4 Å². The standard InChI is InChI=1S/C21H20F3N3OS/c1-3-27(4-2)11-12-28-20-17(25-18-13-29-14-19(18)26-20)10-7-15-5-8-16(9-6-15)21(22,23)24/h5-6,8-9,13-14H,3-4,11-12H2,1-2H3. The van der Waals surface area contributed by atoms with E-state index in [-0.39, 0.29) is 0 Å². The molecule has 0 amide bonds. The zero-order valence-electron chi connectivity index (χ0n) is 16.1. The summed E-state index contributed by atoms with van der Waals surface area (Å²) in [7, 11) is 0. The minimum atomic E-state index is -4.37. The molecule has 0 saturated heterocycles. The molecule has 0 N–H and O–H groups in total. The first kappa shape index (κ1) is 21.1. The van der Waals surface area contributed by atoms with Crippen LogP contribution in [0.2, 0.25) is 0 Å². The van der Waals surface area contributed by atoms with E-state index in [4.69, 9.17) is 4.74 Å². The maximum atomic E-state index is 12.7. The molecule has 1 aromatic carbocycles. The van der Waals surface area contributed by atoms with Gasteiger partial charge < -0.3 is 9.64 Å². The van der Waals surface area contributed by atoms with Gasteiger partial charge in [0.05, 0.1) is 5.56 Å². The predicted octanol–water partition coefficient (Wildman–Crippen LogP) is 4.83. The molecular formula is C21H20F3N3OS. The Morgan fingerprint density at radius 3 is 2.28 bits per heavy atom. The molecule has 0 aliphatic carbocycles. The summed E-state index contributed by atoms with van der Waals surface area (Å²) in [6.07, 6.45) is -4.37. The van der Waals surface area contributed by atoms with E-state index in [0.717, 1.165) is 37.3 Å². The van der Waals surface area contributed by atoms with Crippen LogP contribution in [0, 0.1) is 11.8 Å². The number of likely N-dealkylation sites (N-methyl/N-ethyl adjacent to an activating group) is 1. The van der Waals surface area contributed by atoms with E-state index in [9.17, 15) is 13.2 Å². The van der Waals surface area contributed by atoms with Gasteiger partial charge in [0.1, 0.15) is 17.6 Å². The number of alkyl halides is 3. The third kappa shape index (κ3) is 5.46. The van der Waals surface area contributed by atoms with Crippen LogP contribution in [0.25, 0.3) is 11.0 Å². The molecular weight excluding hydrogens is 399 g/mol. The van der Waals surface area contributed by atoms with Crippen molar-refractivity contribution in [1.82, 2.24) is 14.9 Å². The van der Waals surface area contributed by atoms with E-state index in [0.29, 0.717) is 29.3 Å². The minimum absolute atomic E-state index is 0.336. The average molecular weight is 419 g/mol. The van der Waals surface area contributed by atoms with Crippen molar-refractivity contribution in [2.45, 2.75) is 20.0 Å². The number of rotatable bonds is 6. The zero-order valence-corrected chi connectivity index (χ0v) is 16.9. The Bertz CT molecular complexity index is 1020. The number of hydrogen-bond donors (Lipinski definition) is 0. The van der Waals surface area contributed by atoms with Crippen LogP contribution in [0.15, 0.2) is 35.0 Å². The summed E-state index contributed by atoms with van der Waals surface area (Å²) >= 11 is 1.48. The van der Waals surface area contributed by atoms with Crippen LogP contribution in [0.5, 0.6) is 5.88 Å². The van der Waals surface area contributed by atoms with Gasteiger partial charge in [-0.05, 0) is 43.3 Å². The Morgan fingerprint density at radius 1 is 1.00 bits per heavy atom. The molecule has 3 aromatic rings. The highest BCUT2D eigenvalue weighted by Crippen LogP contribution is 2.29. The van der Waals surface area contributed by atoms with Gasteiger partial charge in [-0.3, -0.25) is 0 Å². The molecule has 0 unspecified atom stereocenters. The zero-order chi connectivity index (χ0) is 20.9. The summed E-state index contributed by atoms with van der Waals surface area (Å²) in [6, 6.07) is 4.71. The Morgan fingerprint density at radius 2 is 1.66 bits per heavy atom. The highest BCUT2D eigenvalue weighted by molar-refractivity contribution is 7.09. The first-order valence-electron chi connectivity index (χ1n) is 9.19. The first-order valence-corrected chi connectivity index (χ1v) is 10.1. The molecule has 0 aliphatic heterocycles. The van der Waals surface area contributed by atoms with Gasteiger partial charge in [-0.2, -0.15) is 13.2 Å². The lowest BCUT2D eigenvalue weighted by Gasteiger charge is -2.17. The van der Waals surface area contributed by atoms with E-state index >= 15 is 0 Å². The van der Waals surface area contributed by atoms with Crippen molar-refractivity contribution < 1.29 is 17.9 Å². The quantitative estimate of drug-likeness (QED) is 0.537. The van der Waals surface area contributed by atoms with Crippen molar-refractivity contribution in [1.29, 1.82) is 0 Å². The molecule has 29 heavy (non-hydrogen) atoms. The maximum absolute atomic E-state index is 12.7. The second-order valence-electron chi connectivity index (χ2n) is 6.22. The van der Waals surface area contributed by atoms with Crippen LogP contribution in [-0.2, 0) is 6.18 Å². The Kier molecular flexibility index (Phi) is 6.72. The minimum Gasteiger partial charge on any atom is -0.474 e. The number of ether oxygens (including phenoxy) is 1. The van der Waals surface area contributed by atoms with E-state index < -0.39 is 11.7 Å². The number of hydrogen-bond acceptors (Lipinski definition) is 5. The summed E-state index contributed by atoms with van der Waals surface area (Å²) in [4.78, 5) is 11.2. The van der Waals surface area contributed by atoms with E-state index in [1.807, 2.05) is 10.8 Å². The topological polar surface area (TPSA) is 38.2 Å². The number of benzene rings is 1. The van der Waals surface area contributed by atoms with Gasteiger partial charge >= 0.3 is 6.18 Å². The van der Waals surface area contributed by atoms with Crippen LogP contribution >= 0.6 is 11.3 Å². The fourth-order valence-electron chi connectivity index (χ4n) is 2.65. The largest absolute Gasteiger partial charge is 0.474 e. The summed E-state index contributed by atoms with van der Waals surface area (Å²) in [5, 5.41) is 3.75. The van der Waals surface area contributed by atoms with Gasteiger partial charge in [-0.1, -0.05) is 19.8 Å². The molecule has 0 atom stereocenters. The second kappa shape index (κ2) is 9.25. The molecule has 2 aromatic heterocycles. The van der Waals surface area contributed by atoms with Gasteiger partial charge in [0.2, 0.25) is 5.88 Å². The average Bonchev–Trinajstić information content (AvgIpc) is 3.16. The highest BCUT2D eigenvalue weighted by atomic mass is 32.1. The van der Waals surface area contributed by atoms with Crippen molar-refractivity contribution in [2.24, 2.45) is 0 Å². The van der Waals surface area contributed by atoms with Gasteiger partial charge in [0, 0.05) is 22.9 Å². The predicted molar refractivity (Wildman–Crippen MR) is 108 cm³/mol. The molecule has 0 saturated carbocycles. The highest BCUT2D eigenvalue weighted by Gasteiger charge is 2.29. The Hall–Kier alpha value is -2.63. The van der Waals surface area contributed by atoms with E-state index in [1.54, 1.807) is 0 Å². The third-order valence-corrected chi connectivity index (χ3v) is 5.08. The number of fused-ring (bicyclic) bond motifs is 1. The number of thiophene rings is 1. The molecule has 0 aliphatic rings. The molecule has 152 valence electrons. The fourth-order valence-corrected chi connectivity index (χ4v) is 3.32.